The fourth-order valence-electron chi connectivity index (χ4n) is 3.54. The van der Waals surface area contributed by atoms with Crippen LogP contribution in [-0.2, 0) is 23.2 Å². The first kappa shape index (κ1) is 28.2. The molecule has 1 N–H and O–H groups in total. The summed E-state index contributed by atoms with van der Waals surface area (Å²) in [6.07, 6.45) is 1.35. The number of aryl methyl sites for hydroxylation is 2. The van der Waals surface area contributed by atoms with Gasteiger partial charge in [0.15, 0.2) is 0 Å². The number of hydrogen-bond acceptors (Lipinski definition) is 7. The summed E-state index contributed by atoms with van der Waals surface area (Å²) in [5.74, 6) is -1.64. The fourth-order valence-corrected chi connectivity index (χ4v) is 5.00. The van der Waals surface area contributed by atoms with Crippen molar-refractivity contribution < 1.29 is 27.1 Å². The lowest BCUT2D eigenvalue weighted by atomic mass is 10.1. The molecule has 3 aromatic rings. The van der Waals surface area contributed by atoms with Crippen LogP contribution in [0.5, 0.6) is 5.75 Å². The maximum Gasteiger partial charge on any atom is 0.303 e. The summed E-state index contributed by atoms with van der Waals surface area (Å²) >= 11 is 1.18. The van der Waals surface area contributed by atoms with Gasteiger partial charge in [0, 0.05) is 25.5 Å². The Bertz CT molecular complexity index is 1360. The van der Waals surface area contributed by atoms with Gasteiger partial charge in [-0.3, -0.25) is 9.59 Å². The number of nitrogens with one attached hydrogen (secondary N) is 1. The molecule has 1 aromatic heterocycles. The SMILES string of the molecule is COc1ccc(F)cc1C(=O)N(CCCc1ccccc1)Cc1nc(C(=O)NS(=O)(=O)N(C)C)c(C)s1. The molecular formula is C25H29FN4O5S2. The van der Waals surface area contributed by atoms with Gasteiger partial charge in [0.05, 0.1) is 19.2 Å². The van der Waals surface area contributed by atoms with Crippen molar-refractivity contribution in [2.45, 2.75) is 26.3 Å². The van der Waals surface area contributed by atoms with E-state index in [1.807, 2.05) is 35.1 Å². The van der Waals surface area contributed by atoms with Gasteiger partial charge in [0.2, 0.25) is 0 Å². The molecule has 0 radical (unpaired) electrons. The molecule has 0 fully saturated rings. The molecule has 2 amide bonds. The maximum absolute atomic E-state index is 14.0. The fraction of sp³-hybridized carbons (Fsp3) is 0.320. The highest BCUT2D eigenvalue weighted by atomic mass is 32.2. The molecule has 12 heteroatoms. The van der Waals surface area contributed by atoms with Gasteiger partial charge in [-0.15, -0.1) is 11.3 Å². The van der Waals surface area contributed by atoms with E-state index in [1.54, 1.807) is 6.92 Å². The monoisotopic (exact) mass is 548 g/mol. The third-order valence-corrected chi connectivity index (χ3v) is 7.86. The predicted octanol–water partition coefficient (Wildman–Crippen LogP) is 3.41. The van der Waals surface area contributed by atoms with Gasteiger partial charge < -0.3 is 9.64 Å². The van der Waals surface area contributed by atoms with Gasteiger partial charge in [0.1, 0.15) is 22.3 Å². The molecule has 0 atom stereocenters. The topological polar surface area (TPSA) is 109 Å². The minimum absolute atomic E-state index is 0.0366. The first-order valence-electron chi connectivity index (χ1n) is 11.4. The van der Waals surface area contributed by atoms with E-state index in [0.29, 0.717) is 22.9 Å². The van der Waals surface area contributed by atoms with Crippen molar-refractivity contribution in [2.75, 3.05) is 27.7 Å². The van der Waals surface area contributed by atoms with E-state index in [-0.39, 0.29) is 23.6 Å². The molecule has 0 saturated heterocycles. The molecule has 0 aliphatic carbocycles. The number of carbonyl (C=O) groups is 2. The van der Waals surface area contributed by atoms with Crippen molar-refractivity contribution in [3.63, 3.8) is 0 Å². The Labute approximate surface area is 220 Å². The summed E-state index contributed by atoms with van der Waals surface area (Å²) < 4.78 is 46.2. The first-order chi connectivity index (χ1) is 17.5. The van der Waals surface area contributed by atoms with E-state index < -0.39 is 27.8 Å². The quantitative estimate of drug-likeness (QED) is 0.393. The maximum atomic E-state index is 14.0. The lowest BCUT2D eigenvalue weighted by Gasteiger charge is -2.23. The molecule has 0 saturated carbocycles. The van der Waals surface area contributed by atoms with E-state index in [2.05, 4.69) is 4.98 Å². The van der Waals surface area contributed by atoms with Crippen molar-refractivity contribution in [3.05, 3.63) is 81.1 Å². The second kappa shape index (κ2) is 12.3. The normalized spacial score (nSPS) is 11.4. The number of amides is 2. The minimum atomic E-state index is -3.99. The summed E-state index contributed by atoms with van der Waals surface area (Å²) in [4.78, 5) is 32.4. The van der Waals surface area contributed by atoms with Gasteiger partial charge in [-0.05, 0) is 43.5 Å². The largest absolute Gasteiger partial charge is 0.496 e. The number of aromatic nitrogens is 1. The Hall–Kier alpha value is -3.35. The van der Waals surface area contributed by atoms with Crippen molar-refractivity contribution in [2.24, 2.45) is 0 Å². The number of benzene rings is 2. The van der Waals surface area contributed by atoms with Gasteiger partial charge in [-0.1, -0.05) is 30.3 Å². The van der Waals surface area contributed by atoms with Crippen molar-refractivity contribution >= 4 is 33.4 Å². The molecule has 198 valence electrons. The molecule has 0 aliphatic heterocycles. The van der Waals surface area contributed by atoms with E-state index in [9.17, 15) is 22.4 Å². The molecule has 37 heavy (non-hydrogen) atoms. The van der Waals surface area contributed by atoms with Crippen LogP contribution in [0.4, 0.5) is 4.39 Å². The highest BCUT2D eigenvalue weighted by molar-refractivity contribution is 7.87. The van der Waals surface area contributed by atoms with Crippen LogP contribution in [0.25, 0.3) is 0 Å². The molecule has 0 bridgehead atoms. The van der Waals surface area contributed by atoms with Gasteiger partial charge >= 0.3 is 10.2 Å². The van der Waals surface area contributed by atoms with Crippen molar-refractivity contribution in [3.8, 4) is 5.75 Å². The van der Waals surface area contributed by atoms with E-state index in [1.165, 1.54) is 49.6 Å². The number of methoxy groups -OCH3 is 1. The Balaban J connectivity index is 1.85. The Morgan fingerprint density at radius 1 is 1.14 bits per heavy atom. The Morgan fingerprint density at radius 3 is 2.49 bits per heavy atom. The second-order valence-electron chi connectivity index (χ2n) is 8.39. The van der Waals surface area contributed by atoms with E-state index >= 15 is 0 Å². The molecular weight excluding hydrogens is 519 g/mol. The van der Waals surface area contributed by atoms with Crippen LogP contribution < -0.4 is 9.46 Å². The summed E-state index contributed by atoms with van der Waals surface area (Å²) in [7, 11) is 0.0124. The van der Waals surface area contributed by atoms with Crippen LogP contribution in [0, 0.1) is 12.7 Å². The number of hydrogen-bond donors (Lipinski definition) is 1. The third kappa shape index (κ3) is 7.34. The number of thiazole rings is 1. The van der Waals surface area contributed by atoms with Gasteiger partial charge in [-0.2, -0.15) is 12.7 Å². The number of carbonyl (C=O) groups excluding carboxylic acids is 2. The van der Waals surface area contributed by atoms with Crippen LogP contribution in [-0.4, -0.2) is 62.2 Å². The summed E-state index contributed by atoms with van der Waals surface area (Å²) in [5, 5.41) is 0.438. The van der Waals surface area contributed by atoms with Crippen molar-refractivity contribution in [1.29, 1.82) is 0 Å². The highest BCUT2D eigenvalue weighted by Gasteiger charge is 2.25. The lowest BCUT2D eigenvalue weighted by Crippen LogP contribution is -2.39. The van der Waals surface area contributed by atoms with Crippen LogP contribution in [0.3, 0.4) is 0 Å². The van der Waals surface area contributed by atoms with Gasteiger partial charge in [-0.25, -0.2) is 14.1 Å². The van der Waals surface area contributed by atoms with Crippen LogP contribution in [0.2, 0.25) is 0 Å². The zero-order valence-electron chi connectivity index (χ0n) is 21.0. The Kier molecular flexibility index (Phi) is 9.35. The molecule has 1 heterocycles. The molecule has 0 spiro atoms. The standard InChI is InChI=1S/C25H29FN4O5S2/c1-17-23(24(31)28-37(33,34)29(2)3)27-22(36-17)16-30(14-8-11-18-9-6-5-7-10-18)25(32)20-15-19(26)12-13-21(20)35-4/h5-7,9-10,12-13,15H,8,11,14,16H2,1-4H3,(H,28,31). The first-order valence-corrected chi connectivity index (χ1v) is 13.6. The lowest BCUT2D eigenvalue weighted by molar-refractivity contribution is 0.0737. The average Bonchev–Trinajstić information content (AvgIpc) is 3.23. The third-order valence-electron chi connectivity index (χ3n) is 5.50. The Morgan fingerprint density at radius 2 is 1.84 bits per heavy atom. The average molecular weight is 549 g/mol. The summed E-state index contributed by atoms with van der Waals surface area (Å²) in [5.41, 5.74) is 1.15. The van der Waals surface area contributed by atoms with Crippen LogP contribution >= 0.6 is 11.3 Å². The van der Waals surface area contributed by atoms with Crippen LogP contribution in [0.15, 0.2) is 48.5 Å². The van der Waals surface area contributed by atoms with Crippen LogP contribution in [0.1, 0.15) is 42.7 Å². The van der Waals surface area contributed by atoms with E-state index in [4.69, 9.17) is 4.74 Å². The molecule has 9 nitrogen and oxygen atoms in total. The number of rotatable bonds is 11. The number of ether oxygens (including phenoxy) is 1. The number of halogens is 1. The highest BCUT2D eigenvalue weighted by Crippen LogP contribution is 2.25. The zero-order valence-corrected chi connectivity index (χ0v) is 22.7. The molecule has 2 aromatic carbocycles. The minimum Gasteiger partial charge on any atom is -0.496 e. The van der Waals surface area contributed by atoms with E-state index in [0.717, 1.165) is 22.4 Å². The predicted molar refractivity (Wildman–Crippen MR) is 139 cm³/mol. The van der Waals surface area contributed by atoms with Crippen molar-refractivity contribution in [1.82, 2.24) is 18.9 Å². The summed E-state index contributed by atoms with van der Waals surface area (Å²) in [6.45, 7) is 2.03. The molecule has 0 unspecified atom stereocenters. The zero-order chi connectivity index (χ0) is 27.2. The molecule has 0 aliphatic rings. The second-order valence-corrected chi connectivity index (χ2v) is 11.6. The summed E-state index contributed by atoms with van der Waals surface area (Å²) in [6, 6.07) is 13.5. The van der Waals surface area contributed by atoms with Gasteiger partial charge in [0.25, 0.3) is 11.8 Å². The molecule has 3 rings (SSSR count). The smallest absolute Gasteiger partial charge is 0.303 e. The number of nitrogens with zero attached hydrogens (tertiary/aromatic N) is 3.